The van der Waals surface area contributed by atoms with Crippen molar-refractivity contribution in [1.29, 1.82) is 0 Å². The smallest absolute Gasteiger partial charge is 0.316 e. The average Bonchev–Trinajstić information content (AvgIpc) is 3.11. The number of nitrogens with zero attached hydrogens (tertiary/aromatic N) is 1. The molecule has 1 heterocycles. The van der Waals surface area contributed by atoms with Gasteiger partial charge in [-0.1, -0.05) is 48.8 Å². The second kappa shape index (κ2) is 11.9. The van der Waals surface area contributed by atoms with E-state index in [4.69, 9.17) is 9.26 Å². The van der Waals surface area contributed by atoms with Gasteiger partial charge < -0.3 is 19.9 Å². The molecule has 156 valence electrons. The van der Waals surface area contributed by atoms with Crippen LogP contribution in [0.3, 0.4) is 0 Å². The molecular weight excluding hydrogens is 394 g/mol. The van der Waals surface area contributed by atoms with Crippen molar-refractivity contribution in [3.63, 3.8) is 0 Å². The molecule has 1 aromatic carbocycles. The Hall–Kier alpha value is -2.81. The van der Waals surface area contributed by atoms with Gasteiger partial charge in [0.15, 0.2) is 12.4 Å². The van der Waals surface area contributed by atoms with Crippen LogP contribution in [0.25, 0.3) is 0 Å². The van der Waals surface area contributed by atoms with Gasteiger partial charge in [0.05, 0.1) is 17.5 Å². The van der Waals surface area contributed by atoms with E-state index in [1.807, 2.05) is 37.3 Å². The van der Waals surface area contributed by atoms with Gasteiger partial charge >= 0.3 is 5.97 Å². The maximum atomic E-state index is 12.1. The number of amides is 2. The number of carbonyl (C=O) groups is 3. The largest absolute Gasteiger partial charge is 0.455 e. The molecule has 2 rings (SSSR count). The molecular formula is C20H25N3O5S. The molecule has 0 bridgehead atoms. The van der Waals surface area contributed by atoms with Crippen LogP contribution in [0, 0.1) is 6.92 Å². The van der Waals surface area contributed by atoms with E-state index in [2.05, 4.69) is 15.8 Å². The van der Waals surface area contributed by atoms with Crippen LogP contribution in [0.2, 0.25) is 0 Å². The van der Waals surface area contributed by atoms with Crippen LogP contribution in [0.4, 0.5) is 5.82 Å². The normalized spacial score (nSPS) is 11.5. The van der Waals surface area contributed by atoms with Crippen LogP contribution in [0.15, 0.2) is 40.9 Å². The summed E-state index contributed by atoms with van der Waals surface area (Å²) < 4.78 is 9.84. The highest BCUT2D eigenvalue weighted by Gasteiger charge is 2.15. The molecule has 2 amide bonds. The first kappa shape index (κ1) is 22.5. The zero-order chi connectivity index (χ0) is 21.1. The van der Waals surface area contributed by atoms with Crippen LogP contribution < -0.4 is 10.6 Å². The molecule has 0 aliphatic rings. The number of aromatic nitrogens is 1. The van der Waals surface area contributed by atoms with E-state index < -0.39 is 5.97 Å². The van der Waals surface area contributed by atoms with Gasteiger partial charge in [0, 0.05) is 6.07 Å². The summed E-state index contributed by atoms with van der Waals surface area (Å²) >= 11 is 1.09. The number of aryl methyl sites for hydroxylation is 1. The highest BCUT2D eigenvalue weighted by atomic mass is 32.2. The molecule has 0 fully saturated rings. The maximum absolute atomic E-state index is 12.1. The Labute approximate surface area is 173 Å². The molecule has 2 N–H and O–H groups in total. The predicted molar refractivity (Wildman–Crippen MR) is 110 cm³/mol. The number of benzene rings is 1. The molecule has 9 heteroatoms. The van der Waals surface area contributed by atoms with Crippen LogP contribution in [0.1, 0.15) is 37.1 Å². The molecule has 29 heavy (non-hydrogen) atoms. The summed E-state index contributed by atoms with van der Waals surface area (Å²) in [5, 5.41) is 9.10. The van der Waals surface area contributed by atoms with Gasteiger partial charge in [-0.25, -0.2) is 0 Å². The van der Waals surface area contributed by atoms with Gasteiger partial charge in [0.1, 0.15) is 5.76 Å². The second-order valence-corrected chi connectivity index (χ2v) is 7.33. The average molecular weight is 420 g/mol. The van der Waals surface area contributed by atoms with Crippen molar-refractivity contribution in [2.45, 2.75) is 32.7 Å². The number of anilines is 1. The minimum absolute atomic E-state index is 0.0321. The number of hydrogen-bond acceptors (Lipinski definition) is 7. The number of thioether (sulfide) groups is 1. The Morgan fingerprint density at radius 3 is 2.59 bits per heavy atom. The van der Waals surface area contributed by atoms with E-state index >= 15 is 0 Å². The Morgan fingerprint density at radius 2 is 1.93 bits per heavy atom. The molecule has 0 radical (unpaired) electrons. The summed E-state index contributed by atoms with van der Waals surface area (Å²) in [5.41, 5.74) is 1.01. The van der Waals surface area contributed by atoms with Gasteiger partial charge in [0.25, 0.3) is 5.91 Å². The standard InChI is InChI=1S/C20H25N3O5S/c1-3-7-16(15-8-5-4-6-9-15)21-18(24)11-27-20(26)13-29-12-19(25)22-17-10-14(2)28-23-17/h4-6,8-10,16H,3,7,11-13H2,1-2H3,(H,21,24)(H,22,23,25)/t16-/m1/s1. The predicted octanol–water partition coefficient (Wildman–Crippen LogP) is 2.86. The van der Waals surface area contributed by atoms with E-state index in [0.717, 1.165) is 30.2 Å². The molecule has 1 aromatic heterocycles. The number of hydrogen-bond donors (Lipinski definition) is 2. The fourth-order valence-corrected chi connectivity index (χ4v) is 3.16. The monoisotopic (exact) mass is 419 g/mol. The lowest BCUT2D eigenvalue weighted by Crippen LogP contribution is -2.32. The van der Waals surface area contributed by atoms with E-state index in [1.165, 1.54) is 0 Å². The van der Waals surface area contributed by atoms with Crippen molar-refractivity contribution in [2.24, 2.45) is 0 Å². The zero-order valence-corrected chi connectivity index (χ0v) is 17.3. The first-order chi connectivity index (χ1) is 14.0. The van der Waals surface area contributed by atoms with Crippen molar-refractivity contribution in [3.8, 4) is 0 Å². The van der Waals surface area contributed by atoms with E-state index in [0.29, 0.717) is 11.6 Å². The first-order valence-electron chi connectivity index (χ1n) is 9.28. The van der Waals surface area contributed by atoms with Crippen molar-refractivity contribution >= 4 is 35.4 Å². The van der Waals surface area contributed by atoms with E-state index in [1.54, 1.807) is 13.0 Å². The first-order valence-corrected chi connectivity index (χ1v) is 10.4. The topological polar surface area (TPSA) is 111 Å². The molecule has 0 saturated carbocycles. The van der Waals surface area contributed by atoms with Crippen molar-refractivity contribution in [2.75, 3.05) is 23.4 Å². The molecule has 8 nitrogen and oxygen atoms in total. The Balaban J connectivity index is 1.65. The van der Waals surface area contributed by atoms with Crippen molar-refractivity contribution in [1.82, 2.24) is 10.5 Å². The van der Waals surface area contributed by atoms with Crippen LogP contribution in [-0.2, 0) is 19.1 Å². The molecule has 0 aliphatic carbocycles. The fourth-order valence-electron chi connectivity index (χ4n) is 2.55. The molecule has 0 unspecified atom stereocenters. The van der Waals surface area contributed by atoms with Gasteiger partial charge in [0.2, 0.25) is 5.91 Å². The zero-order valence-electron chi connectivity index (χ0n) is 16.5. The summed E-state index contributed by atoms with van der Waals surface area (Å²) in [5.74, 6) is -0.281. The minimum Gasteiger partial charge on any atom is -0.455 e. The number of ether oxygens (including phenoxy) is 1. The third kappa shape index (κ3) is 8.39. The third-order valence-corrected chi connectivity index (χ3v) is 4.73. The number of rotatable bonds is 11. The fraction of sp³-hybridized carbons (Fsp3) is 0.400. The second-order valence-electron chi connectivity index (χ2n) is 6.34. The van der Waals surface area contributed by atoms with E-state index in [9.17, 15) is 14.4 Å². The van der Waals surface area contributed by atoms with Gasteiger partial charge in [-0.05, 0) is 18.9 Å². The van der Waals surface area contributed by atoms with Crippen LogP contribution >= 0.6 is 11.8 Å². The van der Waals surface area contributed by atoms with Gasteiger partial charge in [-0.15, -0.1) is 11.8 Å². The summed E-state index contributed by atoms with van der Waals surface area (Å²) in [6, 6.07) is 11.1. The number of esters is 1. The quantitative estimate of drug-likeness (QED) is 0.539. The molecule has 2 aromatic rings. The SMILES string of the molecule is CCC[C@@H](NC(=O)COC(=O)CSCC(=O)Nc1cc(C)on1)c1ccccc1. The maximum Gasteiger partial charge on any atom is 0.316 e. The Bertz CT molecular complexity index is 809. The summed E-state index contributed by atoms with van der Waals surface area (Å²) in [4.78, 5) is 35.7. The molecule has 1 atom stereocenters. The van der Waals surface area contributed by atoms with Gasteiger partial charge in [-0.3, -0.25) is 14.4 Å². The lowest BCUT2D eigenvalue weighted by atomic mass is 10.0. The summed E-state index contributed by atoms with van der Waals surface area (Å²) in [6.07, 6.45) is 1.70. The van der Waals surface area contributed by atoms with Crippen LogP contribution in [0.5, 0.6) is 0 Å². The minimum atomic E-state index is -0.554. The highest BCUT2D eigenvalue weighted by Crippen LogP contribution is 2.17. The molecule has 0 spiro atoms. The number of carbonyl (C=O) groups excluding carboxylic acids is 3. The van der Waals surface area contributed by atoms with E-state index in [-0.39, 0.29) is 36.0 Å². The van der Waals surface area contributed by atoms with Gasteiger partial charge in [-0.2, -0.15) is 0 Å². The Kier molecular flexibility index (Phi) is 9.23. The summed E-state index contributed by atoms with van der Waals surface area (Å²) in [7, 11) is 0. The lowest BCUT2D eigenvalue weighted by Gasteiger charge is -2.18. The Morgan fingerprint density at radius 1 is 1.17 bits per heavy atom. The summed E-state index contributed by atoms with van der Waals surface area (Å²) in [6.45, 7) is 3.41. The van der Waals surface area contributed by atoms with Crippen LogP contribution in [-0.4, -0.2) is 41.1 Å². The van der Waals surface area contributed by atoms with Crippen molar-refractivity contribution in [3.05, 3.63) is 47.7 Å². The number of nitrogens with one attached hydrogen (secondary N) is 2. The lowest BCUT2D eigenvalue weighted by molar-refractivity contribution is -0.146. The third-order valence-electron chi connectivity index (χ3n) is 3.83. The van der Waals surface area contributed by atoms with Crippen molar-refractivity contribution < 1.29 is 23.6 Å². The molecule has 0 aliphatic heterocycles. The highest BCUT2D eigenvalue weighted by molar-refractivity contribution is 8.00. The molecule has 0 saturated heterocycles.